The Labute approximate surface area is 171 Å². The van der Waals surface area contributed by atoms with Gasteiger partial charge in [0.1, 0.15) is 11.2 Å². The summed E-state index contributed by atoms with van der Waals surface area (Å²) in [4.78, 5) is 33.5. The fourth-order valence-corrected chi connectivity index (χ4v) is 3.39. The number of fused-ring (bicyclic) bond motifs is 2. The van der Waals surface area contributed by atoms with Crippen molar-refractivity contribution in [3.05, 3.63) is 83.1 Å². The molecule has 29 heavy (non-hydrogen) atoms. The van der Waals surface area contributed by atoms with Crippen LogP contribution < -0.4 is 5.32 Å². The molecule has 2 heterocycles. The van der Waals surface area contributed by atoms with Gasteiger partial charge in [-0.05, 0) is 23.8 Å². The minimum Gasteiger partial charge on any atom is -0.480 e. The molecule has 4 rings (SSSR count). The van der Waals surface area contributed by atoms with Crippen LogP contribution in [0.4, 0.5) is 0 Å². The van der Waals surface area contributed by atoms with Crippen LogP contribution in [0.1, 0.15) is 15.9 Å². The summed E-state index contributed by atoms with van der Waals surface area (Å²) in [6, 6.07) is 16.8. The van der Waals surface area contributed by atoms with Crippen molar-refractivity contribution in [3.63, 3.8) is 0 Å². The largest absolute Gasteiger partial charge is 0.480 e. The van der Waals surface area contributed by atoms with Gasteiger partial charge in [-0.2, -0.15) is 0 Å². The molecule has 2 aromatic carbocycles. The van der Waals surface area contributed by atoms with Gasteiger partial charge in [-0.15, -0.1) is 0 Å². The summed E-state index contributed by atoms with van der Waals surface area (Å²) in [6.07, 6.45) is 1.59. The van der Waals surface area contributed by atoms with Crippen molar-refractivity contribution in [2.75, 3.05) is 0 Å². The lowest BCUT2D eigenvalue weighted by molar-refractivity contribution is -0.139. The van der Waals surface area contributed by atoms with E-state index >= 15 is 0 Å². The number of halogens is 1. The number of aliphatic carboxylic acids is 1. The molecule has 0 aliphatic carbocycles. The third kappa shape index (κ3) is 3.88. The Balaban J connectivity index is 1.73. The van der Waals surface area contributed by atoms with E-state index in [9.17, 15) is 14.7 Å². The Kier molecular flexibility index (Phi) is 5.10. The quantitative estimate of drug-likeness (QED) is 0.388. The van der Waals surface area contributed by atoms with Gasteiger partial charge in [0, 0.05) is 23.4 Å². The summed E-state index contributed by atoms with van der Waals surface area (Å²) in [7, 11) is 0. The number of rotatable bonds is 5. The van der Waals surface area contributed by atoms with Gasteiger partial charge < -0.3 is 10.4 Å². The lowest BCUT2D eigenvalue weighted by Crippen LogP contribution is -2.42. The van der Waals surface area contributed by atoms with Crippen LogP contribution in [0.3, 0.4) is 0 Å². The van der Waals surface area contributed by atoms with E-state index in [2.05, 4.69) is 15.3 Å². The topological polar surface area (TPSA) is 92.2 Å². The van der Waals surface area contributed by atoms with Gasteiger partial charge in [0.2, 0.25) is 0 Å². The number of carbonyl (C=O) groups is 2. The highest BCUT2D eigenvalue weighted by atomic mass is 35.5. The van der Waals surface area contributed by atoms with Crippen LogP contribution in [-0.4, -0.2) is 33.0 Å². The van der Waals surface area contributed by atoms with Gasteiger partial charge in [-0.1, -0.05) is 54.1 Å². The number of carbonyl (C=O) groups excluding carboxylic acids is 1. The van der Waals surface area contributed by atoms with Crippen LogP contribution in [0.25, 0.3) is 21.8 Å². The van der Waals surface area contributed by atoms with Crippen molar-refractivity contribution in [1.29, 1.82) is 0 Å². The summed E-state index contributed by atoms with van der Waals surface area (Å²) >= 11 is 5.78. The van der Waals surface area contributed by atoms with Crippen molar-refractivity contribution in [1.82, 2.24) is 15.3 Å². The number of hydrogen-bond acceptors (Lipinski definition) is 4. The third-order valence-electron chi connectivity index (χ3n) is 4.65. The van der Waals surface area contributed by atoms with Crippen molar-refractivity contribution in [2.24, 2.45) is 0 Å². The van der Waals surface area contributed by atoms with Crippen LogP contribution in [0.5, 0.6) is 0 Å². The normalized spacial score (nSPS) is 12.0. The minimum atomic E-state index is -1.13. The second-order valence-corrected chi connectivity index (χ2v) is 6.97. The maximum atomic E-state index is 13.2. The third-order valence-corrected chi connectivity index (χ3v) is 4.87. The number of amides is 1. The molecule has 0 saturated heterocycles. The van der Waals surface area contributed by atoms with Crippen molar-refractivity contribution in [3.8, 4) is 0 Å². The molecule has 4 aromatic rings. The van der Waals surface area contributed by atoms with E-state index in [0.29, 0.717) is 38.1 Å². The molecule has 0 fully saturated rings. The number of nitrogens with one attached hydrogen (secondary N) is 1. The molecule has 1 amide bonds. The molecule has 0 saturated carbocycles. The summed E-state index contributed by atoms with van der Waals surface area (Å²) < 4.78 is 0. The summed E-state index contributed by atoms with van der Waals surface area (Å²) in [5, 5.41) is 13.9. The lowest BCUT2D eigenvalue weighted by atomic mass is 10.0. The number of carboxylic acids is 1. The first-order valence-corrected chi connectivity index (χ1v) is 9.32. The molecule has 144 valence electrons. The van der Waals surface area contributed by atoms with E-state index in [1.807, 2.05) is 48.5 Å². The number of para-hydroxylation sites is 2. The summed E-state index contributed by atoms with van der Waals surface area (Å²) in [6.45, 7) is 0. The second kappa shape index (κ2) is 7.85. The number of pyridine rings is 2. The molecular weight excluding hydrogens is 390 g/mol. The van der Waals surface area contributed by atoms with Crippen LogP contribution in [0.15, 0.2) is 66.9 Å². The predicted octanol–water partition coefficient (Wildman–Crippen LogP) is 3.86. The molecule has 0 aliphatic heterocycles. The van der Waals surface area contributed by atoms with Gasteiger partial charge in [-0.25, -0.2) is 14.8 Å². The van der Waals surface area contributed by atoms with Crippen molar-refractivity contribution >= 4 is 45.3 Å². The summed E-state index contributed by atoms with van der Waals surface area (Å²) in [5.74, 6) is -1.59. The van der Waals surface area contributed by atoms with Crippen LogP contribution >= 0.6 is 11.6 Å². The monoisotopic (exact) mass is 405 g/mol. The molecule has 0 radical (unpaired) electrons. The predicted molar refractivity (Wildman–Crippen MR) is 111 cm³/mol. The molecule has 0 aliphatic rings. The molecule has 0 bridgehead atoms. The van der Waals surface area contributed by atoms with Gasteiger partial charge in [0.15, 0.2) is 0 Å². The first-order chi connectivity index (χ1) is 14.0. The number of aromatic nitrogens is 2. The van der Waals surface area contributed by atoms with Crippen LogP contribution in [0, 0.1) is 0 Å². The van der Waals surface area contributed by atoms with Crippen LogP contribution in [0.2, 0.25) is 5.15 Å². The zero-order valence-electron chi connectivity index (χ0n) is 15.2. The van der Waals surface area contributed by atoms with Crippen LogP contribution in [-0.2, 0) is 11.2 Å². The SMILES string of the molecule is O=C(N[C@H](Cc1ccc(Cl)nc1)C(=O)O)c1c2ccccc2nc2ccccc12. The molecule has 7 heteroatoms. The highest BCUT2D eigenvalue weighted by Crippen LogP contribution is 2.26. The van der Waals surface area contributed by atoms with Gasteiger partial charge >= 0.3 is 5.97 Å². The molecule has 1 atom stereocenters. The van der Waals surface area contributed by atoms with Crippen molar-refractivity contribution in [2.45, 2.75) is 12.5 Å². The maximum Gasteiger partial charge on any atom is 0.326 e. The highest BCUT2D eigenvalue weighted by molar-refractivity contribution is 6.29. The van der Waals surface area contributed by atoms with Gasteiger partial charge in [0.05, 0.1) is 16.6 Å². The maximum absolute atomic E-state index is 13.2. The van der Waals surface area contributed by atoms with E-state index in [-0.39, 0.29) is 6.42 Å². The van der Waals surface area contributed by atoms with E-state index in [0.717, 1.165) is 0 Å². The number of hydrogen-bond donors (Lipinski definition) is 2. The van der Waals surface area contributed by atoms with Gasteiger partial charge in [0.25, 0.3) is 5.91 Å². The van der Waals surface area contributed by atoms with E-state index in [4.69, 9.17) is 11.6 Å². The van der Waals surface area contributed by atoms with E-state index < -0.39 is 17.9 Å². The zero-order chi connectivity index (χ0) is 20.4. The Morgan fingerprint density at radius 2 is 1.59 bits per heavy atom. The average Bonchev–Trinajstić information content (AvgIpc) is 2.72. The smallest absolute Gasteiger partial charge is 0.326 e. The molecule has 2 N–H and O–H groups in total. The second-order valence-electron chi connectivity index (χ2n) is 6.58. The lowest BCUT2D eigenvalue weighted by Gasteiger charge is -2.16. The molecule has 2 aromatic heterocycles. The van der Waals surface area contributed by atoms with Crippen molar-refractivity contribution < 1.29 is 14.7 Å². The average molecular weight is 406 g/mol. The van der Waals surface area contributed by atoms with E-state index in [1.165, 1.54) is 6.20 Å². The first kappa shape index (κ1) is 18.8. The molecule has 0 unspecified atom stereocenters. The molecule has 6 nitrogen and oxygen atoms in total. The first-order valence-electron chi connectivity index (χ1n) is 8.94. The Morgan fingerprint density at radius 1 is 0.966 bits per heavy atom. The number of benzene rings is 2. The standard InChI is InChI=1S/C22H16ClN3O3/c23-19-10-9-13(12-24-19)11-18(22(28)29)26-21(27)20-14-5-1-3-7-16(14)25-17-8-4-2-6-15(17)20/h1-10,12,18H,11H2,(H,26,27)(H,28,29)/t18-/m1/s1. The van der Waals surface area contributed by atoms with Gasteiger partial charge in [-0.3, -0.25) is 4.79 Å². The fraction of sp³-hybridized carbons (Fsp3) is 0.0909. The minimum absolute atomic E-state index is 0.0895. The highest BCUT2D eigenvalue weighted by Gasteiger charge is 2.24. The number of carboxylic acid groups (broad SMARTS) is 1. The fourth-order valence-electron chi connectivity index (χ4n) is 3.28. The molecular formula is C22H16ClN3O3. The summed E-state index contributed by atoms with van der Waals surface area (Å²) in [5.41, 5.74) is 2.41. The zero-order valence-corrected chi connectivity index (χ0v) is 15.9. The Morgan fingerprint density at radius 3 is 2.14 bits per heavy atom. The van der Waals surface area contributed by atoms with E-state index in [1.54, 1.807) is 12.1 Å². The Bertz CT molecular complexity index is 1170. The molecule has 0 spiro atoms. The number of nitrogens with zero attached hydrogens (tertiary/aromatic N) is 2. The Hall–Kier alpha value is -3.51.